The molecule has 0 amide bonds. The first kappa shape index (κ1) is 15.6. The lowest BCUT2D eigenvalue weighted by Crippen LogP contribution is -2.24. The van der Waals surface area contributed by atoms with Crippen molar-refractivity contribution in [3.8, 4) is 0 Å². The minimum absolute atomic E-state index is 0.0627. The van der Waals surface area contributed by atoms with Gasteiger partial charge in [-0.1, -0.05) is 66.7 Å². The van der Waals surface area contributed by atoms with Crippen LogP contribution < -0.4 is 5.32 Å². The van der Waals surface area contributed by atoms with E-state index >= 15 is 0 Å². The summed E-state index contributed by atoms with van der Waals surface area (Å²) >= 11 is 0. The third kappa shape index (κ3) is 3.32. The average molecular weight is 327 g/mol. The van der Waals surface area contributed by atoms with Gasteiger partial charge in [0.2, 0.25) is 0 Å². The lowest BCUT2D eigenvalue weighted by Gasteiger charge is -2.19. The van der Waals surface area contributed by atoms with E-state index in [0.29, 0.717) is 0 Å². The van der Waals surface area contributed by atoms with Gasteiger partial charge in [0, 0.05) is 26.0 Å². The summed E-state index contributed by atoms with van der Waals surface area (Å²) in [6, 6.07) is 25.6. The molecule has 0 aliphatic carbocycles. The van der Waals surface area contributed by atoms with Crippen LogP contribution in [0.5, 0.6) is 0 Å². The van der Waals surface area contributed by atoms with Crippen LogP contribution in [0.4, 0.5) is 0 Å². The number of hydrogen-bond donors (Lipinski definition) is 1. The Bertz CT molecular complexity index is 973. The van der Waals surface area contributed by atoms with E-state index in [2.05, 4.69) is 81.6 Å². The highest BCUT2D eigenvalue weighted by Crippen LogP contribution is 2.22. The molecule has 124 valence electrons. The fourth-order valence-corrected chi connectivity index (χ4v) is 3.23. The van der Waals surface area contributed by atoms with Gasteiger partial charge in [0.05, 0.1) is 6.04 Å². The molecule has 1 aromatic heterocycles. The lowest BCUT2D eigenvalue weighted by molar-refractivity contribution is 0.558. The van der Waals surface area contributed by atoms with Gasteiger partial charge >= 0.3 is 0 Å². The maximum absolute atomic E-state index is 4.56. The predicted molar refractivity (Wildman–Crippen MR) is 102 cm³/mol. The van der Waals surface area contributed by atoms with Gasteiger partial charge in [-0.15, -0.1) is 0 Å². The number of benzene rings is 3. The molecule has 25 heavy (non-hydrogen) atoms. The Morgan fingerprint density at radius 3 is 2.44 bits per heavy atom. The first-order valence-electron chi connectivity index (χ1n) is 8.54. The maximum atomic E-state index is 4.56. The van der Waals surface area contributed by atoms with Gasteiger partial charge in [0.25, 0.3) is 0 Å². The first-order chi connectivity index (χ1) is 12.3. The summed E-state index contributed by atoms with van der Waals surface area (Å²) in [6.07, 6.45) is 3.84. The van der Waals surface area contributed by atoms with Gasteiger partial charge < -0.3 is 4.57 Å². The normalized spacial score (nSPS) is 12.4. The molecule has 0 saturated heterocycles. The molecule has 0 spiro atoms. The summed E-state index contributed by atoms with van der Waals surface area (Å²) in [5.74, 6) is 1.02. The first-order valence-corrected chi connectivity index (χ1v) is 8.54. The van der Waals surface area contributed by atoms with Crippen molar-refractivity contribution in [2.24, 2.45) is 7.05 Å². The number of nitrogens with one attached hydrogen (secondary N) is 1. The van der Waals surface area contributed by atoms with E-state index < -0.39 is 0 Å². The second kappa shape index (κ2) is 6.91. The number of nitrogens with zero attached hydrogens (tertiary/aromatic N) is 2. The molecule has 0 bridgehead atoms. The Kier molecular flexibility index (Phi) is 4.32. The number of hydrogen-bond acceptors (Lipinski definition) is 2. The van der Waals surface area contributed by atoms with Crippen molar-refractivity contribution < 1.29 is 0 Å². The van der Waals surface area contributed by atoms with Crippen LogP contribution in [-0.4, -0.2) is 9.55 Å². The van der Waals surface area contributed by atoms with E-state index in [4.69, 9.17) is 0 Å². The van der Waals surface area contributed by atoms with Gasteiger partial charge in [-0.05, 0) is 28.0 Å². The van der Waals surface area contributed by atoms with E-state index in [0.717, 1.165) is 12.4 Å². The van der Waals surface area contributed by atoms with E-state index in [1.807, 2.05) is 25.5 Å². The Hall–Kier alpha value is -2.91. The quantitative estimate of drug-likeness (QED) is 0.587. The zero-order valence-electron chi connectivity index (χ0n) is 14.3. The number of aryl methyl sites for hydroxylation is 1. The van der Waals surface area contributed by atoms with Crippen molar-refractivity contribution in [1.29, 1.82) is 0 Å². The molecule has 0 aliphatic heterocycles. The topological polar surface area (TPSA) is 29.9 Å². The van der Waals surface area contributed by atoms with Crippen LogP contribution >= 0.6 is 0 Å². The van der Waals surface area contributed by atoms with E-state index in [-0.39, 0.29) is 6.04 Å². The highest BCUT2D eigenvalue weighted by Gasteiger charge is 2.17. The molecule has 0 fully saturated rings. The Morgan fingerprint density at radius 2 is 1.68 bits per heavy atom. The molecule has 3 aromatic carbocycles. The van der Waals surface area contributed by atoms with Gasteiger partial charge in [-0.3, -0.25) is 5.32 Å². The summed E-state index contributed by atoms with van der Waals surface area (Å²) in [5, 5.41) is 6.22. The largest absolute Gasteiger partial charge is 0.336 e. The third-order valence-electron chi connectivity index (χ3n) is 4.57. The molecule has 1 atom stereocenters. The van der Waals surface area contributed by atoms with Crippen LogP contribution in [0, 0.1) is 0 Å². The fourth-order valence-electron chi connectivity index (χ4n) is 3.23. The smallest absolute Gasteiger partial charge is 0.130 e. The summed E-state index contributed by atoms with van der Waals surface area (Å²) in [6.45, 7) is 0.789. The highest BCUT2D eigenvalue weighted by molar-refractivity contribution is 5.82. The van der Waals surface area contributed by atoms with Crippen molar-refractivity contribution in [2.75, 3.05) is 0 Å². The van der Waals surface area contributed by atoms with Crippen LogP contribution in [-0.2, 0) is 13.6 Å². The lowest BCUT2D eigenvalue weighted by atomic mass is 10.0. The van der Waals surface area contributed by atoms with Crippen molar-refractivity contribution in [2.45, 2.75) is 12.6 Å². The molecule has 1 heterocycles. The molecule has 3 heteroatoms. The minimum atomic E-state index is 0.0627. The third-order valence-corrected chi connectivity index (χ3v) is 4.57. The predicted octanol–water partition coefficient (Wildman–Crippen LogP) is 4.45. The zero-order chi connectivity index (χ0) is 17.1. The van der Waals surface area contributed by atoms with Crippen molar-refractivity contribution in [3.63, 3.8) is 0 Å². The number of fused-ring (bicyclic) bond motifs is 1. The summed E-state index contributed by atoms with van der Waals surface area (Å²) in [7, 11) is 2.04. The molecular formula is C22H21N3. The molecular weight excluding hydrogens is 306 g/mol. The Balaban J connectivity index is 1.61. The average Bonchev–Trinajstić information content (AvgIpc) is 3.08. The van der Waals surface area contributed by atoms with Crippen LogP contribution in [0.1, 0.15) is 23.0 Å². The molecule has 0 aliphatic rings. The zero-order valence-corrected chi connectivity index (χ0v) is 14.3. The van der Waals surface area contributed by atoms with Crippen LogP contribution in [0.15, 0.2) is 85.2 Å². The molecule has 1 N–H and O–H groups in total. The summed E-state index contributed by atoms with van der Waals surface area (Å²) < 4.78 is 2.07. The highest BCUT2D eigenvalue weighted by atomic mass is 15.1. The number of imidazole rings is 1. The number of rotatable bonds is 5. The van der Waals surface area contributed by atoms with E-state index in [9.17, 15) is 0 Å². The molecule has 0 unspecified atom stereocenters. The molecule has 0 saturated carbocycles. The molecule has 4 aromatic rings. The van der Waals surface area contributed by atoms with Gasteiger partial charge in [-0.25, -0.2) is 4.98 Å². The van der Waals surface area contributed by atoms with Gasteiger partial charge in [0.1, 0.15) is 5.82 Å². The second-order valence-electron chi connectivity index (χ2n) is 6.30. The second-order valence-corrected chi connectivity index (χ2v) is 6.30. The van der Waals surface area contributed by atoms with Crippen molar-refractivity contribution in [3.05, 3.63) is 102 Å². The summed E-state index contributed by atoms with van der Waals surface area (Å²) in [4.78, 5) is 4.56. The Morgan fingerprint density at radius 1 is 0.920 bits per heavy atom. The molecule has 3 nitrogen and oxygen atoms in total. The van der Waals surface area contributed by atoms with E-state index in [1.54, 1.807) is 0 Å². The van der Waals surface area contributed by atoms with E-state index in [1.165, 1.54) is 21.9 Å². The van der Waals surface area contributed by atoms with Crippen LogP contribution in [0.25, 0.3) is 10.8 Å². The van der Waals surface area contributed by atoms with Crippen LogP contribution in [0.3, 0.4) is 0 Å². The minimum Gasteiger partial charge on any atom is -0.336 e. The number of aromatic nitrogens is 2. The maximum Gasteiger partial charge on any atom is 0.130 e. The molecule has 0 radical (unpaired) electrons. The van der Waals surface area contributed by atoms with Crippen molar-refractivity contribution in [1.82, 2.24) is 14.9 Å². The standard InChI is InChI=1S/C22H21N3/c1-25-14-13-23-22(25)21(19-8-3-2-4-9-19)24-16-17-11-12-18-7-5-6-10-20(18)15-17/h2-15,21,24H,16H2,1H3/t21-/m0/s1. The van der Waals surface area contributed by atoms with Gasteiger partial charge in [-0.2, -0.15) is 0 Å². The van der Waals surface area contributed by atoms with Crippen LogP contribution in [0.2, 0.25) is 0 Å². The Labute approximate surface area is 148 Å². The summed E-state index contributed by atoms with van der Waals surface area (Å²) in [5.41, 5.74) is 2.49. The SMILES string of the molecule is Cn1ccnc1[C@@H](NCc1ccc2ccccc2c1)c1ccccc1. The molecule has 4 rings (SSSR count). The fraction of sp³-hybridized carbons (Fsp3) is 0.136. The van der Waals surface area contributed by atoms with Gasteiger partial charge in [0.15, 0.2) is 0 Å². The van der Waals surface area contributed by atoms with Crippen molar-refractivity contribution >= 4 is 10.8 Å². The monoisotopic (exact) mass is 327 g/mol.